The highest BCUT2D eigenvalue weighted by atomic mass is 16.4. The number of hydrogen-bond donors (Lipinski definition) is 1. The molecule has 1 N–H and O–H groups in total. The van der Waals surface area contributed by atoms with E-state index in [1.807, 2.05) is 0 Å². The molecule has 1 saturated carbocycles. The van der Waals surface area contributed by atoms with Crippen LogP contribution < -0.4 is 5.32 Å². The third-order valence-corrected chi connectivity index (χ3v) is 3.79. The van der Waals surface area contributed by atoms with Crippen molar-refractivity contribution < 1.29 is 4.42 Å². The van der Waals surface area contributed by atoms with E-state index in [1.54, 1.807) is 0 Å². The molecule has 2 heterocycles. The maximum atomic E-state index is 5.82. The molecular formula is C12H19N3O. The molecule has 0 spiro atoms. The Kier molecular flexibility index (Phi) is 2.91. The Hall–Kier alpha value is -0.900. The topological polar surface area (TPSA) is 51.0 Å². The minimum atomic E-state index is 0.465. The van der Waals surface area contributed by atoms with Crippen LogP contribution in [0.3, 0.4) is 0 Å². The summed E-state index contributed by atoms with van der Waals surface area (Å²) in [7, 11) is 0. The van der Waals surface area contributed by atoms with Crippen LogP contribution in [-0.2, 0) is 0 Å². The Morgan fingerprint density at radius 3 is 2.06 bits per heavy atom. The van der Waals surface area contributed by atoms with E-state index in [2.05, 4.69) is 15.5 Å². The average Bonchev–Trinajstić information content (AvgIpc) is 2.52. The molecule has 1 saturated heterocycles. The number of hydrogen-bond acceptors (Lipinski definition) is 4. The van der Waals surface area contributed by atoms with Crippen LogP contribution in [-0.4, -0.2) is 23.3 Å². The molecule has 0 atom stereocenters. The molecule has 1 aliphatic carbocycles. The van der Waals surface area contributed by atoms with Crippen molar-refractivity contribution in [3.8, 4) is 0 Å². The lowest BCUT2D eigenvalue weighted by molar-refractivity contribution is 0.329. The molecule has 0 radical (unpaired) electrons. The van der Waals surface area contributed by atoms with E-state index in [0.717, 1.165) is 24.9 Å². The maximum Gasteiger partial charge on any atom is 0.222 e. The van der Waals surface area contributed by atoms with E-state index >= 15 is 0 Å². The van der Waals surface area contributed by atoms with Gasteiger partial charge < -0.3 is 9.73 Å². The smallest absolute Gasteiger partial charge is 0.222 e. The second-order valence-electron chi connectivity index (χ2n) is 5.02. The summed E-state index contributed by atoms with van der Waals surface area (Å²) < 4.78 is 5.82. The Morgan fingerprint density at radius 2 is 1.50 bits per heavy atom. The van der Waals surface area contributed by atoms with Crippen LogP contribution in [0.4, 0.5) is 0 Å². The molecule has 2 fully saturated rings. The van der Waals surface area contributed by atoms with Crippen molar-refractivity contribution in [2.75, 3.05) is 13.1 Å². The fraction of sp³-hybridized carbons (Fsp3) is 0.833. The highest BCUT2D eigenvalue weighted by Crippen LogP contribution is 2.31. The van der Waals surface area contributed by atoms with Gasteiger partial charge in [0.1, 0.15) is 0 Å². The summed E-state index contributed by atoms with van der Waals surface area (Å²) in [6.07, 6.45) is 7.81. The highest BCUT2D eigenvalue weighted by Gasteiger charge is 2.27. The van der Waals surface area contributed by atoms with Crippen molar-refractivity contribution in [2.45, 2.75) is 50.4 Å². The molecule has 1 aromatic heterocycles. The van der Waals surface area contributed by atoms with Gasteiger partial charge in [-0.25, -0.2) is 0 Å². The standard InChI is InChI=1S/C12H19N3O/c1-2-4-6-9(5-3-1)11-14-15-12(16-11)10-7-13-8-10/h9-10,13H,1-8H2. The summed E-state index contributed by atoms with van der Waals surface area (Å²) in [5, 5.41) is 11.7. The first kappa shape index (κ1) is 10.3. The zero-order valence-corrected chi connectivity index (χ0v) is 9.61. The molecule has 0 amide bonds. The summed E-state index contributed by atoms with van der Waals surface area (Å²) >= 11 is 0. The van der Waals surface area contributed by atoms with Gasteiger partial charge in [-0.3, -0.25) is 0 Å². The lowest BCUT2D eigenvalue weighted by Crippen LogP contribution is -2.40. The van der Waals surface area contributed by atoms with E-state index in [0.29, 0.717) is 11.8 Å². The van der Waals surface area contributed by atoms with Crippen LogP contribution in [0.1, 0.15) is 62.1 Å². The quantitative estimate of drug-likeness (QED) is 0.778. The molecular weight excluding hydrogens is 202 g/mol. The van der Waals surface area contributed by atoms with Crippen molar-refractivity contribution in [1.29, 1.82) is 0 Å². The minimum absolute atomic E-state index is 0.465. The molecule has 16 heavy (non-hydrogen) atoms. The number of nitrogens with zero attached hydrogens (tertiary/aromatic N) is 2. The van der Waals surface area contributed by atoms with E-state index in [4.69, 9.17) is 4.42 Å². The molecule has 1 aromatic rings. The van der Waals surface area contributed by atoms with Gasteiger partial charge in [-0.15, -0.1) is 10.2 Å². The van der Waals surface area contributed by atoms with Gasteiger partial charge in [0.25, 0.3) is 0 Å². The third-order valence-electron chi connectivity index (χ3n) is 3.79. The number of aromatic nitrogens is 2. The summed E-state index contributed by atoms with van der Waals surface area (Å²) in [5.74, 6) is 2.73. The van der Waals surface area contributed by atoms with E-state index in [1.165, 1.54) is 38.5 Å². The van der Waals surface area contributed by atoms with Crippen molar-refractivity contribution in [3.05, 3.63) is 11.8 Å². The van der Waals surface area contributed by atoms with E-state index < -0.39 is 0 Å². The highest BCUT2D eigenvalue weighted by molar-refractivity contribution is 5.01. The van der Waals surface area contributed by atoms with E-state index in [9.17, 15) is 0 Å². The largest absolute Gasteiger partial charge is 0.425 e. The Labute approximate surface area is 95.8 Å². The zero-order chi connectivity index (χ0) is 10.8. The molecule has 1 aliphatic heterocycles. The lowest BCUT2D eigenvalue weighted by atomic mass is 10.0. The molecule has 3 rings (SSSR count). The van der Waals surface area contributed by atoms with Gasteiger partial charge in [0, 0.05) is 19.0 Å². The van der Waals surface area contributed by atoms with Gasteiger partial charge in [-0.1, -0.05) is 25.7 Å². The second-order valence-corrected chi connectivity index (χ2v) is 5.02. The fourth-order valence-corrected chi connectivity index (χ4v) is 2.57. The fourth-order valence-electron chi connectivity index (χ4n) is 2.57. The number of nitrogens with one attached hydrogen (secondary N) is 1. The Bertz CT molecular complexity index is 338. The third kappa shape index (κ3) is 1.98. The first-order valence-electron chi connectivity index (χ1n) is 6.47. The normalized spacial score (nSPS) is 24.0. The Balaban J connectivity index is 1.70. The van der Waals surface area contributed by atoms with Crippen molar-refractivity contribution in [1.82, 2.24) is 15.5 Å². The molecule has 0 bridgehead atoms. The van der Waals surface area contributed by atoms with Gasteiger partial charge >= 0.3 is 0 Å². The van der Waals surface area contributed by atoms with Crippen LogP contribution in [0.25, 0.3) is 0 Å². The molecule has 0 aromatic carbocycles. The first-order valence-corrected chi connectivity index (χ1v) is 6.47. The number of rotatable bonds is 2. The van der Waals surface area contributed by atoms with Gasteiger partial charge in [-0.2, -0.15) is 0 Å². The lowest BCUT2D eigenvalue weighted by Gasteiger charge is -2.23. The first-order chi connectivity index (χ1) is 7.93. The van der Waals surface area contributed by atoms with Crippen molar-refractivity contribution >= 4 is 0 Å². The molecule has 88 valence electrons. The predicted octanol–water partition coefficient (Wildman–Crippen LogP) is 2.19. The molecule has 0 unspecified atom stereocenters. The molecule has 2 aliphatic rings. The second kappa shape index (κ2) is 4.53. The average molecular weight is 221 g/mol. The summed E-state index contributed by atoms with van der Waals surface area (Å²) in [6, 6.07) is 0. The monoisotopic (exact) mass is 221 g/mol. The zero-order valence-electron chi connectivity index (χ0n) is 9.61. The molecule has 4 nitrogen and oxygen atoms in total. The van der Waals surface area contributed by atoms with Crippen molar-refractivity contribution in [3.63, 3.8) is 0 Å². The summed E-state index contributed by atoms with van der Waals surface area (Å²) in [6.45, 7) is 1.98. The van der Waals surface area contributed by atoms with Crippen LogP contribution in [0.15, 0.2) is 4.42 Å². The summed E-state index contributed by atoms with van der Waals surface area (Å²) in [4.78, 5) is 0. The Morgan fingerprint density at radius 1 is 0.875 bits per heavy atom. The van der Waals surface area contributed by atoms with Crippen LogP contribution in [0, 0.1) is 0 Å². The van der Waals surface area contributed by atoms with Gasteiger partial charge in [0.2, 0.25) is 11.8 Å². The minimum Gasteiger partial charge on any atom is -0.425 e. The van der Waals surface area contributed by atoms with Crippen LogP contribution >= 0.6 is 0 Å². The predicted molar refractivity (Wildman–Crippen MR) is 60.4 cm³/mol. The van der Waals surface area contributed by atoms with Crippen LogP contribution in [0.5, 0.6) is 0 Å². The summed E-state index contributed by atoms with van der Waals surface area (Å²) in [5.41, 5.74) is 0. The van der Waals surface area contributed by atoms with Gasteiger partial charge in [0.15, 0.2) is 0 Å². The SMILES string of the molecule is C1CCCC(c2nnc(C3CNC3)o2)CC1. The van der Waals surface area contributed by atoms with Crippen molar-refractivity contribution in [2.24, 2.45) is 0 Å². The van der Waals surface area contributed by atoms with Gasteiger partial charge in [-0.05, 0) is 12.8 Å². The van der Waals surface area contributed by atoms with Gasteiger partial charge in [0.05, 0.1) is 5.92 Å². The molecule has 4 heteroatoms. The maximum absolute atomic E-state index is 5.82. The van der Waals surface area contributed by atoms with Crippen LogP contribution in [0.2, 0.25) is 0 Å². The van der Waals surface area contributed by atoms with E-state index in [-0.39, 0.29) is 0 Å².